The Morgan fingerprint density at radius 2 is 1.14 bits per heavy atom. The van der Waals surface area contributed by atoms with Crippen molar-refractivity contribution >= 4 is 22.7 Å². The molecule has 2 aliphatic carbocycles. The molecule has 5 N–H and O–H groups in total. The Morgan fingerprint density at radius 3 is 1.64 bits per heavy atom. The molecule has 0 amide bonds. The summed E-state index contributed by atoms with van der Waals surface area (Å²) in [6.07, 6.45) is 7.61. The predicted octanol–water partition coefficient (Wildman–Crippen LogP) is 3.78. The van der Waals surface area contributed by atoms with Crippen molar-refractivity contribution in [3.63, 3.8) is 0 Å². The lowest BCUT2D eigenvalue weighted by Crippen LogP contribution is -1.94. The number of benzene rings is 2. The molecule has 0 radical (unpaired) electrons. The Hall–Kier alpha value is -3.07. The first-order valence-corrected chi connectivity index (χ1v) is 7.12. The Balaban J connectivity index is 2.06. The Morgan fingerprint density at radius 1 is 0.636 bits per heavy atom. The number of nitrogen functional groups attached to an aromatic ring is 2. The first kappa shape index (κ1) is 12.7. The number of nitrogens with two attached hydrogens (primary N) is 2. The highest BCUT2D eigenvalue weighted by Crippen LogP contribution is 2.47. The van der Waals surface area contributed by atoms with Crippen LogP contribution in [-0.4, -0.2) is 5.71 Å². The summed E-state index contributed by atoms with van der Waals surface area (Å²) >= 11 is 0. The van der Waals surface area contributed by atoms with Gasteiger partial charge in [0, 0.05) is 11.4 Å². The molecule has 0 saturated carbocycles. The molecule has 106 valence electrons. The Kier molecular flexibility index (Phi) is 2.57. The molecule has 0 saturated heterocycles. The van der Waals surface area contributed by atoms with E-state index in [0.717, 1.165) is 39.2 Å². The minimum atomic E-state index is 0.511. The van der Waals surface area contributed by atoms with Crippen molar-refractivity contribution in [3.05, 3.63) is 77.4 Å². The van der Waals surface area contributed by atoms with E-state index in [1.807, 2.05) is 48.6 Å². The molecule has 0 aliphatic heterocycles. The lowest BCUT2D eigenvalue weighted by molar-refractivity contribution is 1.51. The normalized spacial score (nSPS) is 15.2. The molecular weight excluding hydrogens is 270 g/mol. The van der Waals surface area contributed by atoms with Crippen molar-refractivity contribution in [3.8, 4) is 11.1 Å². The zero-order valence-electron chi connectivity index (χ0n) is 11.9. The van der Waals surface area contributed by atoms with Crippen LogP contribution in [0.5, 0.6) is 0 Å². The molecule has 4 rings (SSSR count). The van der Waals surface area contributed by atoms with Gasteiger partial charge in [0.1, 0.15) is 0 Å². The zero-order chi connectivity index (χ0) is 15.3. The van der Waals surface area contributed by atoms with Gasteiger partial charge in [-0.3, -0.25) is 0 Å². The molecule has 0 unspecified atom stereocenters. The van der Waals surface area contributed by atoms with E-state index in [9.17, 15) is 0 Å². The SMILES string of the molecule is N=C1C=CC(=C2c3ccc(N)cc3-c3cc(N)ccc32)C=C1. The van der Waals surface area contributed by atoms with E-state index in [4.69, 9.17) is 16.9 Å². The van der Waals surface area contributed by atoms with E-state index in [-0.39, 0.29) is 0 Å². The number of hydrogen-bond donors (Lipinski definition) is 3. The van der Waals surface area contributed by atoms with Gasteiger partial charge in [-0.25, -0.2) is 0 Å². The van der Waals surface area contributed by atoms with E-state index >= 15 is 0 Å². The molecule has 22 heavy (non-hydrogen) atoms. The van der Waals surface area contributed by atoms with Gasteiger partial charge in [-0.15, -0.1) is 0 Å². The Labute approximate surface area is 128 Å². The summed E-state index contributed by atoms with van der Waals surface area (Å²) in [7, 11) is 0. The van der Waals surface area contributed by atoms with E-state index in [1.165, 1.54) is 5.57 Å². The van der Waals surface area contributed by atoms with Crippen molar-refractivity contribution < 1.29 is 0 Å². The molecule has 2 aromatic carbocycles. The second-order valence-corrected chi connectivity index (χ2v) is 5.56. The maximum atomic E-state index is 7.67. The van der Waals surface area contributed by atoms with Crippen LogP contribution in [0.2, 0.25) is 0 Å². The van der Waals surface area contributed by atoms with Crippen LogP contribution >= 0.6 is 0 Å². The van der Waals surface area contributed by atoms with Crippen LogP contribution in [0.4, 0.5) is 11.4 Å². The summed E-state index contributed by atoms with van der Waals surface area (Å²) in [6.45, 7) is 0. The highest BCUT2D eigenvalue weighted by Gasteiger charge is 2.25. The van der Waals surface area contributed by atoms with Crippen LogP contribution in [0, 0.1) is 5.41 Å². The molecule has 0 fully saturated rings. The number of hydrogen-bond acceptors (Lipinski definition) is 3. The Bertz CT molecular complexity index is 843. The third-order valence-corrected chi connectivity index (χ3v) is 4.09. The molecule has 0 bridgehead atoms. The van der Waals surface area contributed by atoms with Gasteiger partial charge < -0.3 is 16.9 Å². The third kappa shape index (κ3) is 1.79. The summed E-state index contributed by atoms with van der Waals surface area (Å²) in [6, 6.07) is 12.0. The lowest BCUT2D eigenvalue weighted by Gasteiger charge is -2.09. The van der Waals surface area contributed by atoms with Crippen LogP contribution in [0.1, 0.15) is 11.1 Å². The summed E-state index contributed by atoms with van der Waals surface area (Å²) in [5, 5.41) is 7.67. The van der Waals surface area contributed by atoms with Crippen LogP contribution < -0.4 is 11.5 Å². The smallest absolute Gasteiger partial charge is 0.0540 e. The van der Waals surface area contributed by atoms with E-state index in [0.29, 0.717) is 5.71 Å². The average molecular weight is 285 g/mol. The number of allylic oxidation sites excluding steroid dienone is 5. The second kappa shape index (κ2) is 4.46. The van der Waals surface area contributed by atoms with Crippen LogP contribution in [0.25, 0.3) is 16.7 Å². The molecule has 2 aromatic rings. The molecule has 0 aromatic heterocycles. The fraction of sp³-hybridized carbons (Fsp3) is 0. The van der Waals surface area contributed by atoms with Crippen molar-refractivity contribution in [2.75, 3.05) is 11.5 Å². The van der Waals surface area contributed by atoms with Gasteiger partial charge in [-0.05, 0) is 69.8 Å². The fourth-order valence-corrected chi connectivity index (χ4v) is 3.10. The maximum Gasteiger partial charge on any atom is 0.0540 e. The van der Waals surface area contributed by atoms with Gasteiger partial charge in [0.15, 0.2) is 0 Å². The molecule has 2 aliphatic rings. The summed E-state index contributed by atoms with van der Waals surface area (Å²) in [5.41, 5.74) is 20.8. The molecule has 0 spiro atoms. The van der Waals surface area contributed by atoms with Crippen molar-refractivity contribution in [2.24, 2.45) is 0 Å². The summed E-state index contributed by atoms with van der Waals surface area (Å²) < 4.78 is 0. The standard InChI is InChI=1S/C19H15N3/c20-12-3-1-11(2-4-12)19-15-7-5-13(21)9-17(15)18-10-14(22)6-8-16(18)19/h1-10,20H,21-22H2. The monoisotopic (exact) mass is 285 g/mol. The lowest BCUT2D eigenvalue weighted by atomic mass is 9.95. The van der Waals surface area contributed by atoms with Crippen LogP contribution in [-0.2, 0) is 0 Å². The largest absolute Gasteiger partial charge is 0.399 e. The zero-order valence-corrected chi connectivity index (χ0v) is 11.9. The molecule has 0 heterocycles. The van der Waals surface area contributed by atoms with E-state index in [2.05, 4.69) is 12.1 Å². The van der Waals surface area contributed by atoms with Crippen molar-refractivity contribution in [1.29, 1.82) is 5.41 Å². The second-order valence-electron chi connectivity index (χ2n) is 5.56. The molecule has 3 nitrogen and oxygen atoms in total. The minimum absolute atomic E-state index is 0.511. The first-order chi connectivity index (χ1) is 10.6. The first-order valence-electron chi connectivity index (χ1n) is 7.12. The van der Waals surface area contributed by atoms with E-state index in [1.54, 1.807) is 0 Å². The van der Waals surface area contributed by atoms with Gasteiger partial charge in [0.05, 0.1) is 5.71 Å². The highest BCUT2D eigenvalue weighted by molar-refractivity contribution is 6.08. The predicted molar refractivity (Wildman–Crippen MR) is 92.7 cm³/mol. The maximum absolute atomic E-state index is 7.67. The van der Waals surface area contributed by atoms with Gasteiger partial charge in [0.25, 0.3) is 0 Å². The molecular formula is C19H15N3. The van der Waals surface area contributed by atoms with Crippen LogP contribution in [0.3, 0.4) is 0 Å². The topological polar surface area (TPSA) is 75.9 Å². The summed E-state index contributed by atoms with van der Waals surface area (Å²) in [4.78, 5) is 0. The molecule has 0 atom stereocenters. The van der Waals surface area contributed by atoms with Crippen molar-refractivity contribution in [1.82, 2.24) is 0 Å². The third-order valence-electron chi connectivity index (χ3n) is 4.09. The fourth-order valence-electron chi connectivity index (χ4n) is 3.10. The number of fused-ring (bicyclic) bond motifs is 3. The number of nitrogens with one attached hydrogen (secondary N) is 1. The molecule has 3 heteroatoms. The van der Waals surface area contributed by atoms with Crippen molar-refractivity contribution in [2.45, 2.75) is 0 Å². The minimum Gasteiger partial charge on any atom is -0.399 e. The summed E-state index contributed by atoms with van der Waals surface area (Å²) in [5.74, 6) is 0. The number of rotatable bonds is 0. The van der Waals surface area contributed by atoms with Gasteiger partial charge in [-0.2, -0.15) is 0 Å². The van der Waals surface area contributed by atoms with Crippen LogP contribution in [0.15, 0.2) is 66.3 Å². The quantitative estimate of drug-likeness (QED) is 0.550. The van der Waals surface area contributed by atoms with E-state index < -0.39 is 0 Å². The average Bonchev–Trinajstić information content (AvgIpc) is 2.81. The highest BCUT2D eigenvalue weighted by atomic mass is 14.6. The van der Waals surface area contributed by atoms with Gasteiger partial charge >= 0.3 is 0 Å². The van der Waals surface area contributed by atoms with Gasteiger partial charge in [-0.1, -0.05) is 24.3 Å². The number of anilines is 2. The van der Waals surface area contributed by atoms with Gasteiger partial charge in [0.2, 0.25) is 0 Å².